The number of hydrogen-bond acceptors (Lipinski definition) is 3. The van der Waals surface area contributed by atoms with E-state index < -0.39 is 0 Å². The van der Waals surface area contributed by atoms with Gasteiger partial charge in [0.05, 0.1) is 5.75 Å². The first kappa shape index (κ1) is 16.1. The number of carbonyl (C=O) groups excluding carboxylic acids is 1. The molecule has 1 heterocycles. The van der Waals surface area contributed by atoms with Gasteiger partial charge in [-0.3, -0.25) is 4.79 Å². The summed E-state index contributed by atoms with van der Waals surface area (Å²) >= 11 is 1.66. The molecule has 3 nitrogen and oxygen atoms in total. The van der Waals surface area contributed by atoms with Crippen LogP contribution in [0.25, 0.3) is 0 Å². The molecule has 0 saturated carbocycles. The Morgan fingerprint density at radius 3 is 2.87 bits per heavy atom. The maximum absolute atomic E-state index is 12.0. The standard InChI is InChI=1S/C19H22N2OS/c1-14-3-2-4-16(7-14)12-23-13-19(22)21-9-15-5-6-17-10-20-11-18(17)8-15/h2-8,20H,9-13H2,1H3,(H,21,22). The van der Waals surface area contributed by atoms with Crippen LogP contribution in [0, 0.1) is 6.92 Å². The Bertz CT molecular complexity index is 700. The van der Waals surface area contributed by atoms with Crippen LogP contribution >= 0.6 is 11.8 Å². The third-order valence-electron chi connectivity index (χ3n) is 3.98. The predicted octanol–water partition coefficient (Wildman–Crippen LogP) is 3.15. The van der Waals surface area contributed by atoms with E-state index in [1.165, 1.54) is 27.8 Å². The summed E-state index contributed by atoms with van der Waals surface area (Å²) in [6.07, 6.45) is 0. The summed E-state index contributed by atoms with van der Waals surface area (Å²) < 4.78 is 0. The molecule has 2 N–H and O–H groups in total. The maximum atomic E-state index is 12.0. The average molecular weight is 326 g/mol. The quantitative estimate of drug-likeness (QED) is 0.857. The Balaban J connectivity index is 1.41. The minimum Gasteiger partial charge on any atom is -0.351 e. The molecule has 23 heavy (non-hydrogen) atoms. The highest BCUT2D eigenvalue weighted by Crippen LogP contribution is 2.17. The van der Waals surface area contributed by atoms with Gasteiger partial charge in [-0.25, -0.2) is 0 Å². The molecule has 0 spiro atoms. The Hall–Kier alpha value is -1.78. The highest BCUT2D eigenvalue weighted by Gasteiger charge is 2.10. The van der Waals surface area contributed by atoms with E-state index in [1.54, 1.807) is 11.8 Å². The Morgan fingerprint density at radius 1 is 1.13 bits per heavy atom. The second-order valence-electron chi connectivity index (χ2n) is 5.97. The normalized spacial score (nSPS) is 12.9. The number of hydrogen-bond donors (Lipinski definition) is 2. The van der Waals surface area contributed by atoms with E-state index in [0.717, 1.165) is 18.8 Å². The third-order valence-corrected chi connectivity index (χ3v) is 4.98. The lowest BCUT2D eigenvalue weighted by Gasteiger charge is -2.07. The van der Waals surface area contributed by atoms with Crippen molar-refractivity contribution >= 4 is 17.7 Å². The molecule has 1 amide bonds. The molecule has 0 atom stereocenters. The third kappa shape index (κ3) is 4.60. The molecule has 0 aliphatic carbocycles. The van der Waals surface area contributed by atoms with E-state index in [0.29, 0.717) is 12.3 Å². The van der Waals surface area contributed by atoms with Crippen molar-refractivity contribution < 1.29 is 4.79 Å². The van der Waals surface area contributed by atoms with E-state index in [4.69, 9.17) is 0 Å². The van der Waals surface area contributed by atoms with Crippen LogP contribution in [0.2, 0.25) is 0 Å². The minimum atomic E-state index is 0.0984. The van der Waals surface area contributed by atoms with Crippen molar-refractivity contribution in [2.75, 3.05) is 5.75 Å². The van der Waals surface area contributed by atoms with Gasteiger partial charge in [0.15, 0.2) is 0 Å². The molecule has 0 aromatic heterocycles. The monoisotopic (exact) mass is 326 g/mol. The number of aryl methyl sites for hydroxylation is 1. The van der Waals surface area contributed by atoms with Crippen LogP contribution in [-0.2, 0) is 30.2 Å². The molecule has 1 aliphatic rings. The number of benzene rings is 2. The second-order valence-corrected chi connectivity index (χ2v) is 6.95. The summed E-state index contributed by atoms with van der Waals surface area (Å²) in [5, 5.41) is 6.34. The van der Waals surface area contributed by atoms with Crippen molar-refractivity contribution in [3.63, 3.8) is 0 Å². The zero-order valence-corrected chi connectivity index (χ0v) is 14.2. The number of rotatable bonds is 6. The second kappa shape index (κ2) is 7.66. The average Bonchev–Trinajstić information content (AvgIpc) is 3.00. The van der Waals surface area contributed by atoms with Crippen molar-refractivity contribution in [2.45, 2.75) is 32.3 Å². The SMILES string of the molecule is Cc1cccc(CSCC(=O)NCc2ccc3c(c2)CNC3)c1. The van der Waals surface area contributed by atoms with Crippen LogP contribution in [0.15, 0.2) is 42.5 Å². The highest BCUT2D eigenvalue weighted by molar-refractivity contribution is 7.99. The van der Waals surface area contributed by atoms with Crippen molar-refractivity contribution in [1.82, 2.24) is 10.6 Å². The van der Waals surface area contributed by atoms with Crippen molar-refractivity contribution in [3.05, 3.63) is 70.3 Å². The molecule has 2 aromatic carbocycles. The van der Waals surface area contributed by atoms with Gasteiger partial charge in [-0.05, 0) is 29.2 Å². The molecule has 0 fully saturated rings. The zero-order chi connectivity index (χ0) is 16.1. The highest BCUT2D eigenvalue weighted by atomic mass is 32.2. The molecule has 4 heteroatoms. The molecule has 1 aliphatic heterocycles. The summed E-state index contributed by atoms with van der Waals surface area (Å²) in [7, 11) is 0. The van der Waals surface area contributed by atoms with Crippen LogP contribution in [0.1, 0.15) is 27.8 Å². The molecular formula is C19H22N2OS. The first-order chi connectivity index (χ1) is 11.2. The summed E-state index contributed by atoms with van der Waals surface area (Å²) in [6, 6.07) is 14.9. The number of nitrogens with one attached hydrogen (secondary N) is 2. The number of fused-ring (bicyclic) bond motifs is 1. The van der Waals surface area contributed by atoms with Gasteiger partial charge in [-0.2, -0.15) is 0 Å². The lowest BCUT2D eigenvalue weighted by Crippen LogP contribution is -2.24. The molecule has 0 unspecified atom stereocenters. The smallest absolute Gasteiger partial charge is 0.230 e. The number of carbonyl (C=O) groups is 1. The Morgan fingerprint density at radius 2 is 2.00 bits per heavy atom. The summed E-state index contributed by atoms with van der Waals surface area (Å²) in [5.41, 5.74) is 6.43. The summed E-state index contributed by atoms with van der Waals surface area (Å²) in [4.78, 5) is 12.0. The predicted molar refractivity (Wildman–Crippen MR) is 96.2 cm³/mol. The van der Waals surface area contributed by atoms with Gasteiger partial charge in [-0.15, -0.1) is 11.8 Å². The van der Waals surface area contributed by atoms with E-state index in [2.05, 4.69) is 60.0 Å². The maximum Gasteiger partial charge on any atom is 0.230 e. The molecule has 0 saturated heterocycles. The van der Waals surface area contributed by atoms with Gasteiger partial charge >= 0.3 is 0 Å². The van der Waals surface area contributed by atoms with Crippen LogP contribution < -0.4 is 10.6 Å². The molecule has 2 aromatic rings. The van der Waals surface area contributed by atoms with E-state index in [1.807, 2.05) is 0 Å². The van der Waals surface area contributed by atoms with Crippen LogP contribution in [0.5, 0.6) is 0 Å². The lowest BCUT2D eigenvalue weighted by atomic mass is 10.1. The van der Waals surface area contributed by atoms with Crippen LogP contribution in [-0.4, -0.2) is 11.7 Å². The summed E-state index contributed by atoms with van der Waals surface area (Å²) in [6.45, 7) is 4.59. The largest absolute Gasteiger partial charge is 0.351 e. The number of thioether (sulfide) groups is 1. The first-order valence-corrected chi connectivity index (χ1v) is 9.07. The van der Waals surface area contributed by atoms with Gasteiger partial charge in [0.25, 0.3) is 0 Å². The number of amides is 1. The molecular weight excluding hydrogens is 304 g/mol. The van der Waals surface area contributed by atoms with E-state index in [-0.39, 0.29) is 5.91 Å². The van der Waals surface area contributed by atoms with Crippen molar-refractivity contribution in [1.29, 1.82) is 0 Å². The fraction of sp³-hybridized carbons (Fsp3) is 0.316. The molecule has 120 valence electrons. The molecule has 0 radical (unpaired) electrons. The molecule has 0 bridgehead atoms. The van der Waals surface area contributed by atoms with Crippen molar-refractivity contribution in [3.8, 4) is 0 Å². The van der Waals surface area contributed by atoms with Crippen LogP contribution in [0.4, 0.5) is 0 Å². The van der Waals surface area contributed by atoms with E-state index >= 15 is 0 Å². The minimum absolute atomic E-state index is 0.0984. The zero-order valence-electron chi connectivity index (χ0n) is 13.4. The van der Waals surface area contributed by atoms with Gasteiger partial charge in [0.1, 0.15) is 0 Å². The Labute approximate surface area is 141 Å². The molecule has 3 rings (SSSR count). The first-order valence-electron chi connectivity index (χ1n) is 7.92. The van der Waals surface area contributed by atoms with Gasteiger partial charge < -0.3 is 10.6 Å². The fourth-order valence-electron chi connectivity index (χ4n) is 2.77. The topological polar surface area (TPSA) is 41.1 Å². The summed E-state index contributed by atoms with van der Waals surface area (Å²) in [5.74, 6) is 1.47. The van der Waals surface area contributed by atoms with Gasteiger partial charge in [-0.1, -0.05) is 48.0 Å². The Kier molecular flexibility index (Phi) is 5.36. The van der Waals surface area contributed by atoms with E-state index in [9.17, 15) is 4.79 Å². The fourth-order valence-corrected chi connectivity index (χ4v) is 3.58. The van der Waals surface area contributed by atoms with Crippen molar-refractivity contribution in [2.24, 2.45) is 0 Å². The van der Waals surface area contributed by atoms with Gasteiger partial charge in [0, 0.05) is 25.4 Å². The van der Waals surface area contributed by atoms with Gasteiger partial charge in [0.2, 0.25) is 5.91 Å². The van der Waals surface area contributed by atoms with Crippen LogP contribution in [0.3, 0.4) is 0 Å². The lowest BCUT2D eigenvalue weighted by molar-refractivity contribution is -0.118.